The third-order valence-corrected chi connectivity index (χ3v) is 7.82. The molecule has 0 radical (unpaired) electrons. The first kappa shape index (κ1) is 26.5. The third-order valence-electron chi connectivity index (χ3n) is 7.82. The molecule has 3 aliphatic carbocycles. The quantitative estimate of drug-likeness (QED) is 0.309. The number of rotatable bonds is 11. The molecule has 3 saturated carbocycles. The summed E-state index contributed by atoms with van der Waals surface area (Å²) in [5, 5.41) is 25.2. The molecule has 0 aliphatic heterocycles. The van der Waals surface area contributed by atoms with E-state index in [4.69, 9.17) is 10.1 Å². The molecule has 1 amide bonds. The number of hydrogen-bond donors (Lipinski definition) is 4. The van der Waals surface area contributed by atoms with E-state index < -0.39 is 5.60 Å². The van der Waals surface area contributed by atoms with Gasteiger partial charge in [0.1, 0.15) is 11.6 Å². The Morgan fingerprint density at radius 1 is 1.26 bits per heavy atom. The molecule has 2 aromatic rings. The summed E-state index contributed by atoms with van der Waals surface area (Å²) in [6, 6.07) is 2.82. The molecule has 8 nitrogen and oxygen atoms in total. The van der Waals surface area contributed by atoms with Crippen LogP contribution in [0.15, 0.2) is 42.6 Å². The van der Waals surface area contributed by atoms with Gasteiger partial charge in [0.15, 0.2) is 5.65 Å². The molecule has 3 aliphatic rings. The predicted molar refractivity (Wildman–Crippen MR) is 153 cm³/mol. The average Bonchev–Trinajstić information content (AvgIpc) is 3.32. The molecule has 3 fully saturated rings. The van der Waals surface area contributed by atoms with Crippen LogP contribution < -0.4 is 16.0 Å². The van der Waals surface area contributed by atoms with Crippen molar-refractivity contribution in [2.45, 2.75) is 89.8 Å². The molecule has 0 bridgehead atoms. The first-order chi connectivity index (χ1) is 18.2. The number of carbonyl (C=O) groups excluding carboxylic acids is 1. The number of nitrogens with zero attached hydrogens (tertiary/aromatic N) is 3. The standard InChI is InChI=1S/C30H42N6O2/c1-19(2)13-22(10-9-20(3)29(37)34-24-11-12-24)25-18-32-36-27(31-17-21-15-30(4,38)16-21)14-26(35-28(25)36)33-23-7-5-6-8-23/h9-10,13-14,18,20-21,23-24,31,38H,1,5-8,11-12,15-17H2,2-4H3,(H,33,35)(H,34,37)/b10-9-,22-13+. The lowest BCUT2D eigenvalue weighted by molar-refractivity contribution is -0.123. The number of allylic oxidation sites excluding steroid dienone is 4. The van der Waals surface area contributed by atoms with E-state index in [1.807, 2.05) is 55.8 Å². The molecule has 4 N–H and O–H groups in total. The van der Waals surface area contributed by atoms with Crippen LogP contribution >= 0.6 is 0 Å². The van der Waals surface area contributed by atoms with Gasteiger partial charge in [-0.05, 0) is 63.9 Å². The van der Waals surface area contributed by atoms with E-state index in [1.165, 1.54) is 12.8 Å². The zero-order valence-electron chi connectivity index (χ0n) is 23.0. The summed E-state index contributed by atoms with van der Waals surface area (Å²) in [5.41, 5.74) is 2.93. The Balaban J connectivity index is 1.44. The number of hydrogen-bond acceptors (Lipinski definition) is 6. The minimum Gasteiger partial charge on any atom is -0.390 e. The summed E-state index contributed by atoms with van der Waals surface area (Å²) in [6.45, 7) is 10.6. The normalized spacial score (nSPS) is 24.9. The van der Waals surface area contributed by atoms with E-state index in [0.717, 1.165) is 79.1 Å². The van der Waals surface area contributed by atoms with E-state index in [2.05, 4.69) is 22.5 Å². The maximum Gasteiger partial charge on any atom is 0.226 e. The van der Waals surface area contributed by atoms with E-state index in [1.54, 1.807) is 0 Å². The van der Waals surface area contributed by atoms with Crippen molar-refractivity contribution in [2.75, 3.05) is 17.2 Å². The van der Waals surface area contributed by atoms with Crippen LogP contribution in [-0.2, 0) is 4.79 Å². The van der Waals surface area contributed by atoms with Gasteiger partial charge in [-0.2, -0.15) is 9.61 Å². The number of amides is 1. The summed E-state index contributed by atoms with van der Waals surface area (Å²) in [6.07, 6.45) is 16.3. The highest BCUT2D eigenvalue weighted by Crippen LogP contribution is 2.37. The fourth-order valence-corrected chi connectivity index (χ4v) is 5.60. The van der Waals surface area contributed by atoms with E-state index in [-0.39, 0.29) is 11.8 Å². The molecular formula is C30H42N6O2. The molecule has 0 aromatic carbocycles. The van der Waals surface area contributed by atoms with E-state index in [0.29, 0.717) is 18.0 Å². The van der Waals surface area contributed by atoms with Gasteiger partial charge in [-0.15, -0.1) is 0 Å². The monoisotopic (exact) mass is 518 g/mol. The number of carbonyl (C=O) groups is 1. The molecule has 204 valence electrons. The summed E-state index contributed by atoms with van der Waals surface area (Å²) in [5.74, 6) is 1.96. The highest BCUT2D eigenvalue weighted by Gasteiger charge is 2.38. The Kier molecular flexibility index (Phi) is 7.61. The maximum atomic E-state index is 12.5. The fourth-order valence-electron chi connectivity index (χ4n) is 5.60. The lowest BCUT2D eigenvalue weighted by Crippen LogP contribution is -2.43. The van der Waals surface area contributed by atoms with Gasteiger partial charge in [-0.25, -0.2) is 4.98 Å². The van der Waals surface area contributed by atoms with Crippen molar-refractivity contribution < 1.29 is 9.90 Å². The van der Waals surface area contributed by atoms with Gasteiger partial charge in [0, 0.05) is 30.3 Å². The first-order valence-electron chi connectivity index (χ1n) is 14.1. The highest BCUT2D eigenvalue weighted by molar-refractivity contribution is 5.86. The Morgan fingerprint density at radius 2 is 2.00 bits per heavy atom. The van der Waals surface area contributed by atoms with E-state index >= 15 is 0 Å². The van der Waals surface area contributed by atoms with Crippen molar-refractivity contribution >= 4 is 28.8 Å². The topological polar surface area (TPSA) is 104 Å². The molecule has 8 heteroatoms. The lowest BCUT2D eigenvalue weighted by Gasteiger charge is -2.41. The van der Waals surface area contributed by atoms with Crippen molar-refractivity contribution in [2.24, 2.45) is 11.8 Å². The van der Waals surface area contributed by atoms with Gasteiger partial charge in [-0.1, -0.05) is 50.1 Å². The predicted octanol–water partition coefficient (Wildman–Crippen LogP) is 5.09. The summed E-state index contributed by atoms with van der Waals surface area (Å²) >= 11 is 0. The van der Waals surface area contributed by atoms with Gasteiger partial charge < -0.3 is 21.1 Å². The van der Waals surface area contributed by atoms with Crippen LogP contribution in [0.1, 0.15) is 77.7 Å². The van der Waals surface area contributed by atoms with Crippen molar-refractivity contribution in [3.8, 4) is 0 Å². The zero-order chi connectivity index (χ0) is 26.9. The van der Waals surface area contributed by atoms with Gasteiger partial charge in [0.2, 0.25) is 5.91 Å². The van der Waals surface area contributed by atoms with Crippen LogP contribution in [0.4, 0.5) is 11.6 Å². The molecule has 0 spiro atoms. The van der Waals surface area contributed by atoms with Gasteiger partial charge in [-0.3, -0.25) is 4.79 Å². The van der Waals surface area contributed by atoms with Crippen LogP contribution in [0.3, 0.4) is 0 Å². The van der Waals surface area contributed by atoms with Crippen molar-refractivity contribution in [1.29, 1.82) is 0 Å². The number of fused-ring (bicyclic) bond motifs is 1. The minimum absolute atomic E-state index is 0.0564. The second-order valence-corrected chi connectivity index (χ2v) is 12.0. The molecule has 1 unspecified atom stereocenters. The Labute approximate surface area is 225 Å². The molecule has 38 heavy (non-hydrogen) atoms. The SMILES string of the molecule is C=C(C)/C=C(\C=C/C(C)C(=O)NC1CC1)c1cnn2c(NCC3CC(C)(O)C3)cc(NC3CCCC3)nc12. The van der Waals surface area contributed by atoms with Crippen LogP contribution in [0, 0.1) is 11.8 Å². The molecule has 2 aromatic heterocycles. The number of nitrogens with one attached hydrogen (secondary N) is 3. The Bertz CT molecular complexity index is 1240. The minimum atomic E-state index is -0.546. The molecule has 2 heterocycles. The van der Waals surface area contributed by atoms with Crippen LogP contribution in [-0.4, -0.2) is 49.8 Å². The summed E-state index contributed by atoms with van der Waals surface area (Å²) < 4.78 is 1.86. The van der Waals surface area contributed by atoms with Crippen LogP contribution in [0.25, 0.3) is 11.2 Å². The average molecular weight is 519 g/mol. The second kappa shape index (κ2) is 10.9. The van der Waals surface area contributed by atoms with Crippen molar-refractivity contribution in [1.82, 2.24) is 19.9 Å². The molecule has 5 rings (SSSR count). The first-order valence-corrected chi connectivity index (χ1v) is 14.1. The molecule has 0 saturated heterocycles. The fraction of sp³-hybridized carbons (Fsp3) is 0.567. The van der Waals surface area contributed by atoms with Crippen LogP contribution in [0.2, 0.25) is 0 Å². The number of aromatic nitrogens is 3. The van der Waals surface area contributed by atoms with Gasteiger partial charge in [0.05, 0.1) is 17.7 Å². The van der Waals surface area contributed by atoms with Gasteiger partial charge in [0.25, 0.3) is 0 Å². The summed E-state index contributed by atoms with van der Waals surface area (Å²) in [4.78, 5) is 17.5. The van der Waals surface area contributed by atoms with E-state index in [9.17, 15) is 9.90 Å². The second-order valence-electron chi connectivity index (χ2n) is 12.0. The third kappa shape index (κ3) is 6.46. The molecular weight excluding hydrogens is 476 g/mol. The lowest BCUT2D eigenvalue weighted by atomic mass is 9.72. The number of aliphatic hydroxyl groups is 1. The Morgan fingerprint density at radius 3 is 2.66 bits per heavy atom. The van der Waals surface area contributed by atoms with Gasteiger partial charge >= 0.3 is 0 Å². The largest absolute Gasteiger partial charge is 0.390 e. The molecule has 1 atom stereocenters. The zero-order valence-corrected chi connectivity index (χ0v) is 23.0. The highest BCUT2D eigenvalue weighted by atomic mass is 16.3. The van der Waals surface area contributed by atoms with Crippen molar-refractivity contribution in [3.05, 3.63) is 48.2 Å². The number of anilines is 2. The maximum absolute atomic E-state index is 12.5. The Hall–Kier alpha value is -3.13. The van der Waals surface area contributed by atoms with Crippen molar-refractivity contribution in [3.63, 3.8) is 0 Å². The van der Waals surface area contributed by atoms with Crippen LogP contribution in [0.5, 0.6) is 0 Å². The smallest absolute Gasteiger partial charge is 0.226 e. The summed E-state index contributed by atoms with van der Waals surface area (Å²) in [7, 11) is 0.